The van der Waals surface area contributed by atoms with Gasteiger partial charge in [-0.1, -0.05) is 11.6 Å². The Labute approximate surface area is 110 Å². The van der Waals surface area contributed by atoms with Gasteiger partial charge in [0.15, 0.2) is 0 Å². The number of rotatable bonds is 5. The minimum absolute atomic E-state index is 0.112. The number of hydrogen-bond donors (Lipinski definition) is 3. The number of nitrogens with zero attached hydrogens (tertiary/aromatic N) is 1. The molecule has 0 atom stereocenters. The Morgan fingerprint density at radius 2 is 2.17 bits per heavy atom. The molecule has 7 nitrogen and oxygen atoms in total. The Hall–Kier alpha value is -1.38. The maximum atomic E-state index is 11.6. The molecule has 18 heavy (non-hydrogen) atoms. The number of aromatic nitrogens is 1. The summed E-state index contributed by atoms with van der Waals surface area (Å²) in [7, 11) is -3.25. The van der Waals surface area contributed by atoms with Gasteiger partial charge in [-0.15, -0.1) is 0 Å². The molecule has 1 amide bonds. The second-order valence-corrected chi connectivity index (χ2v) is 5.75. The van der Waals surface area contributed by atoms with E-state index in [9.17, 15) is 13.2 Å². The topological polar surface area (TPSA) is 114 Å². The number of nitrogen functional groups attached to an aromatic ring is 1. The van der Waals surface area contributed by atoms with Crippen LogP contribution < -0.4 is 15.8 Å². The van der Waals surface area contributed by atoms with Crippen LogP contribution in [0.5, 0.6) is 0 Å². The van der Waals surface area contributed by atoms with E-state index in [-0.39, 0.29) is 29.5 Å². The minimum Gasteiger partial charge on any atom is -0.382 e. The fraction of sp³-hybridized carbons (Fsp3) is 0.333. The van der Waals surface area contributed by atoms with Gasteiger partial charge in [-0.2, -0.15) is 0 Å². The zero-order valence-electron chi connectivity index (χ0n) is 9.60. The van der Waals surface area contributed by atoms with Gasteiger partial charge in [0.1, 0.15) is 5.82 Å². The summed E-state index contributed by atoms with van der Waals surface area (Å²) >= 11 is 5.72. The van der Waals surface area contributed by atoms with Gasteiger partial charge in [0.2, 0.25) is 10.0 Å². The largest absolute Gasteiger partial charge is 0.382 e. The highest BCUT2D eigenvalue weighted by Crippen LogP contribution is 2.16. The number of amides is 1. The number of hydrogen-bond acceptors (Lipinski definition) is 5. The van der Waals surface area contributed by atoms with Crippen molar-refractivity contribution in [1.82, 2.24) is 15.0 Å². The Morgan fingerprint density at radius 3 is 2.72 bits per heavy atom. The highest BCUT2D eigenvalue weighted by Gasteiger charge is 2.08. The molecule has 100 valence electrons. The third-order valence-electron chi connectivity index (χ3n) is 1.91. The number of nitrogens with one attached hydrogen (secondary N) is 2. The first-order valence-electron chi connectivity index (χ1n) is 4.93. The normalized spacial score (nSPS) is 11.2. The molecule has 0 unspecified atom stereocenters. The van der Waals surface area contributed by atoms with Crippen molar-refractivity contribution >= 4 is 33.3 Å². The molecule has 0 saturated carbocycles. The van der Waals surface area contributed by atoms with E-state index in [1.165, 1.54) is 12.3 Å². The van der Waals surface area contributed by atoms with Crippen LogP contribution in [0.2, 0.25) is 5.02 Å². The van der Waals surface area contributed by atoms with Gasteiger partial charge in [-0.25, -0.2) is 18.1 Å². The first-order chi connectivity index (χ1) is 8.29. The zero-order chi connectivity index (χ0) is 13.8. The molecular weight excluding hydrogens is 280 g/mol. The van der Waals surface area contributed by atoms with Crippen LogP contribution in [0.1, 0.15) is 10.4 Å². The van der Waals surface area contributed by atoms with Crippen molar-refractivity contribution in [3.8, 4) is 0 Å². The number of halogens is 1. The Morgan fingerprint density at radius 1 is 1.50 bits per heavy atom. The number of carbonyl (C=O) groups is 1. The highest BCUT2D eigenvalue weighted by atomic mass is 35.5. The third-order valence-corrected chi connectivity index (χ3v) is 2.94. The molecule has 0 spiro atoms. The van der Waals surface area contributed by atoms with Crippen molar-refractivity contribution in [2.75, 3.05) is 25.1 Å². The predicted octanol–water partition coefficient (Wildman–Crippen LogP) is -0.404. The lowest BCUT2D eigenvalue weighted by Crippen LogP contribution is -2.34. The van der Waals surface area contributed by atoms with Crippen LogP contribution in [-0.4, -0.2) is 38.7 Å². The van der Waals surface area contributed by atoms with Crippen LogP contribution in [-0.2, 0) is 10.0 Å². The van der Waals surface area contributed by atoms with Gasteiger partial charge in [0.25, 0.3) is 5.91 Å². The number of carbonyl (C=O) groups excluding carboxylic acids is 1. The van der Waals surface area contributed by atoms with Crippen molar-refractivity contribution in [1.29, 1.82) is 0 Å². The molecule has 0 bridgehead atoms. The third kappa shape index (κ3) is 4.86. The highest BCUT2D eigenvalue weighted by molar-refractivity contribution is 7.88. The van der Waals surface area contributed by atoms with E-state index in [2.05, 4.69) is 15.0 Å². The average Bonchev–Trinajstić information content (AvgIpc) is 2.26. The summed E-state index contributed by atoms with van der Waals surface area (Å²) in [5, 5.41) is 2.70. The van der Waals surface area contributed by atoms with Gasteiger partial charge in [-0.3, -0.25) is 4.79 Å². The molecule has 0 saturated heterocycles. The van der Waals surface area contributed by atoms with E-state index in [1.807, 2.05) is 0 Å². The maximum Gasteiger partial charge on any atom is 0.252 e. The van der Waals surface area contributed by atoms with E-state index in [1.54, 1.807) is 0 Å². The van der Waals surface area contributed by atoms with Crippen LogP contribution in [0.3, 0.4) is 0 Å². The fourth-order valence-corrected chi connectivity index (χ4v) is 1.73. The lowest BCUT2D eigenvalue weighted by Gasteiger charge is -2.06. The quantitative estimate of drug-likeness (QED) is 0.639. The van der Waals surface area contributed by atoms with Crippen LogP contribution >= 0.6 is 11.6 Å². The molecule has 0 aromatic carbocycles. The van der Waals surface area contributed by atoms with Crippen molar-refractivity contribution in [2.24, 2.45) is 0 Å². The van der Waals surface area contributed by atoms with E-state index in [0.717, 1.165) is 6.26 Å². The van der Waals surface area contributed by atoms with Gasteiger partial charge in [0.05, 0.1) is 16.8 Å². The SMILES string of the molecule is CS(=O)(=O)NCCNC(=O)c1cnc(N)c(Cl)c1. The van der Waals surface area contributed by atoms with Gasteiger partial charge in [-0.05, 0) is 6.07 Å². The molecule has 1 aromatic heterocycles. The number of pyridine rings is 1. The average molecular weight is 293 g/mol. The Bertz CT molecular complexity index is 547. The summed E-state index contributed by atoms with van der Waals surface area (Å²) < 4.78 is 23.8. The molecule has 0 fully saturated rings. The van der Waals surface area contributed by atoms with Crippen LogP contribution in [0.4, 0.5) is 5.82 Å². The lowest BCUT2D eigenvalue weighted by atomic mass is 10.2. The molecule has 0 radical (unpaired) electrons. The Kier molecular flexibility index (Phi) is 4.88. The molecule has 4 N–H and O–H groups in total. The van der Waals surface area contributed by atoms with Crippen molar-refractivity contribution < 1.29 is 13.2 Å². The van der Waals surface area contributed by atoms with E-state index in [0.29, 0.717) is 0 Å². The van der Waals surface area contributed by atoms with Crippen LogP contribution in [0.25, 0.3) is 0 Å². The fourth-order valence-electron chi connectivity index (χ4n) is 1.09. The molecule has 1 aromatic rings. The molecular formula is C9H13ClN4O3S. The van der Waals surface area contributed by atoms with Crippen LogP contribution in [0.15, 0.2) is 12.3 Å². The van der Waals surface area contributed by atoms with E-state index in [4.69, 9.17) is 17.3 Å². The van der Waals surface area contributed by atoms with Gasteiger partial charge < -0.3 is 11.1 Å². The summed E-state index contributed by atoms with van der Waals surface area (Å²) in [6.45, 7) is 0.272. The summed E-state index contributed by atoms with van der Waals surface area (Å²) in [5.74, 6) is -0.258. The summed E-state index contributed by atoms with van der Waals surface area (Å²) in [5.41, 5.74) is 5.66. The van der Waals surface area contributed by atoms with Crippen molar-refractivity contribution in [2.45, 2.75) is 0 Å². The first kappa shape index (κ1) is 14.7. The van der Waals surface area contributed by atoms with Crippen LogP contribution in [0, 0.1) is 0 Å². The maximum absolute atomic E-state index is 11.6. The summed E-state index contributed by atoms with van der Waals surface area (Å²) in [6.07, 6.45) is 2.33. The molecule has 1 heterocycles. The first-order valence-corrected chi connectivity index (χ1v) is 7.20. The molecule has 9 heteroatoms. The second-order valence-electron chi connectivity index (χ2n) is 3.51. The minimum atomic E-state index is -3.25. The van der Waals surface area contributed by atoms with E-state index < -0.39 is 15.9 Å². The predicted molar refractivity (Wildman–Crippen MR) is 68.8 cm³/mol. The second kappa shape index (κ2) is 5.98. The summed E-state index contributed by atoms with van der Waals surface area (Å²) in [4.78, 5) is 15.3. The van der Waals surface area contributed by atoms with Gasteiger partial charge in [0, 0.05) is 19.3 Å². The smallest absolute Gasteiger partial charge is 0.252 e. The molecule has 1 rings (SSSR count). The van der Waals surface area contributed by atoms with Crippen molar-refractivity contribution in [3.63, 3.8) is 0 Å². The lowest BCUT2D eigenvalue weighted by molar-refractivity contribution is 0.0954. The van der Waals surface area contributed by atoms with E-state index >= 15 is 0 Å². The molecule has 0 aliphatic heterocycles. The van der Waals surface area contributed by atoms with Gasteiger partial charge >= 0.3 is 0 Å². The molecule has 0 aliphatic carbocycles. The number of nitrogens with two attached hydrogens (primary N) is 1. The number of anilines is 1. The Balaban J connectivity index is 2.48. The molecule has 0 aliphatic rings. The monoisotopic (exact) mass is 292 g/mol. The zero-order valence-corrected chi connectivity index (χ0v) is 11.2. The summed E-state index contributed by atoms with van der Waals surface area (Å²) in [6, 6.07) is 1.39. The standard InChI is InChI=1S/C9H13ClN4O3S/c1-18(16,17)14-3-2-12-9(15)6-4-7(10)8(11)13-5-6/h4-5,14H,2-3H2,1H3,(H2,11,13)(H,12,15). The van der Waals surface area contributed by atoms with Crippen molar-refractivity contribution in [3.05, 3.63) is 22.8 Å². The number of sulfonamides is 1.